The van der Waals surface area contributed by atoms with Crippen LogP contribution in [0.25, 0.3) is 27.8 Å². The molecule has 1 aliphatic rings. The topological polar surface area (TPSA) is 105 Å². The van der Waals surface area contributed by atoms with Crippen LogP contribution in [-0.4, -0.2) is 41.0 Å². The second kappa shape index (κ2) is 7.38. The highest BCUT2D eigenvalue weighted by Crippen LogP contribution is 2.37. The number of rotatable bonds is 3. The van der Waals surface area contributed by atoms with Crippen molar-refractivity contribution in [2.75, 3.05) is 11.4 Å². The van der Waals surface area contributed by atoms with Gasteiger partial charge in [0.15, 0.2) is 11.5 Å². The molecule has 0 unspecified atom stereocenters. The van der Waals surface area contributed by atoms with Crippen molar-refractivity contribution in [3.8, 4) is 5.69 Å². The molecule has 4 aromatic heterocycles. The number of nitrogens with zero attached hydrogens (tertiary/aromatic N) is 7. The van der Waals surface area contributed by atoms with Crippen LogP contribution in [0.5, 0.6) is 0 Å². The van der Waals surface area contributed by atoms with Crippen molar-refractivity contribution < 1.29 is 0 Å². The summed E-state index contributed by atoms with van der Waals surface area (Å²) in [6.45, 7) is 0.764. The van der Waals surface area contributed by atoms with Gasteiger partial charge in [0.05, 0.1) is 40.2 Å². The van der Waals surface area contributed by atoms with Gasteiger partial charge in [-0.15, -0.1) is 0 Å². The van der Waals surface area contributed by atoms with E-state index in [4.69, 9.17) is 16.6 Å². The number of halogens is 1. The van der Waals surface area contributed by atoms with Crippen LogP contribution in [0.3, 0.4) is 0 Å². The van der Waals surface area contributed by atoms with E-state index in [0.29, 0.717) is 38.6 Å². The normalized spacial score (nSPS) is 16.3. The van der Waals surface area contributed by atoms with Crippen LogP contribution in [0.2, 0.25) is 5.02 Å². The van der Waals surface area contributed by atoms with Crippen LogP contribution in [0.1, 0.15) is 24.7 Å². The summed E-state index contributed by atoms with van der Waals surface area (Å²) >= 11 is 6.40. The van der Waals surface area contributed by atoms with E-state index in [1.165, 1.54) is 6.33 Å². The van der Waals surface area contributed by atoms with Gasteiger partial charge in [0.2, 0.25) is 0 Å². The van der Waals surface area contributed by atoms with Gasteiger partial charge in [0.25, 0.3) is 5.56 Å². The van der Waals surface area contributed by atoms with Crippen LogP contribution in [-0.2, 0) is 0 Å². The van der Waals surface area contributed by atoms with Crippen molar-refractivity contribution >= 4 is 39.5 Å². The van der Waals surface area contributed by atoms with Gasteiger partial charge in [-0.3, -0.25) is 14.3 Å². The Labute approximate surface area is 186 Å². The van der Waals surface area contributed by atoms with Crippen LogP contribution in [0, 0.1) is 0 Å². The smallest absolute Gasteiger partial charge is 0.267 e. The third-order valence-electron chi connectivity index (χ3n) is 5.80. The maximum absolute atomic E-state index is 13.7. The summed E-state index contributed by atoms with van der Waals surface area (Å²) in [5.74, 6) is 1.34. The molecule has 32 heavy (non-hydrogen) atoms. The monoisotopic (exact) mass is 444 g/mol. The molecule has 0 radical (unpaired) electrons. The van der Waals surface area contributed by atoms with Gasteiger partial charge in [-0.2, -0.15) is 0 Å². The lowest BCUT2D eigenvalue weighted by Crippen LogP contribution is -2.32. The van der Waals surface area contributed by atoms with E-state index >= 15 is 0 Å². The fraction of sp³-hybridized carbons (Fsp3) is 0.182. The third kappa shape index (κ3) is 2.85. The zero-order valence-corrected chi connectivity index (χ0v) is 17.6. The van der Waals surface area contributed by atoms with Gasteiger partial charge in [0.1, 0.15) is 17.7 Å². The highest BCUT2D eigenvalue weighted by molar-refractivity contribution is 6.35. The zero-order valence-electron chi connectivity index (χ0n) is 16.8. The standard InChI is InChI=1S/C22H17ClN8O/c23-14-5-1-6-15-17(14)22(32)31(13-4-2-8-24-10-13)20(29-15)16-7-3-9-30(16)21-18-19(26-11-25-18)27-12-28-21/h1-2,4-6,8,10-12,16H,3,7,9H2,(H,25,26,27,28)/t16-/m0/s1. The average molecular weight is 445 g/mol. The number of nitrogens with one attached hydrogen (secondary N) is 1. The third-order valence-corrected chi connectivity index (χ3v) is 6.11. The predicted octanol–water partition coefficient (Wildman–Crippen LogP) is 3.44. The number of hydrogen-bond acceptors (Lipinski definition) is 7. The number of imidazole rings is 1. The van der Waals surface area contributed by atoms with Crippen molar-refractivity contribution in [3.05, 3.63) is 76.6 Å². The summed E-state index contributed by atoms with van der Waals surface area (Å²) in [7, 11) is 0. The fourth-order valence-electron chi connectivity index (χ4n) is 4.42. The number of pyridine rings is 1. The molecular formula is C22H17ClN8O. The summed E-state index contributed by atoms with van der Waals surface area (Å²) in [5, 5.41) is 0.768. The fourth-order valence-corrected chi connectivity index (χ4v) is 4.67. The first-order valence-electron chi connectivity index (χ1n) is 10.2. The van der Waals surface area contributed by atoms with Gasteiger partial charge in [0, 0.05) is 12.7 Å². The Kier molecular flexibility index (Phi) is 4.36. The van der Waals surface area contributed by atoms with Gasteiger partial charge < -0.3 is 9.88 Å². The van der Waals surface area contributed by atoms with Crippen molar-refractivity contribution in [1.82, 2.24) is 34.5 Å². The molecule has 10 heteroatoms. The Morgan fingerprint density at radius 1 is 1.12 bits per heavy atom. The van der Waals surface area contributed by atoms with Gasteiger partial charge in [-0.25, -0.2) is 19.9 Å². The van der Waals surface area contributed by atoms with E-state index in [-0.39, 0.29) is 11.6 Å². The van der Waals surface area contributed by atoms with Crippen molar-refractivity contribution in [3.63, 3.8) is 0 Å². The molecular weight excluding hydrogens is 428 g/mol. The minimum atomic E-state index is -0.219. The van der Waals surface area contributed by atoms with E-state index in [2.05, 4.69) is 29.8 Å². The summed E-state index contributed by atoms with van der Waals surface area (Å²) in [6.07, 6.45) is 8.20. The summed E-state index contributed by atoms with van der Waals surface area (Å²) in [5.41, 5.74) is 2.35. The first-order chi connectivity index (χ1) is 15.7. The molecule has 1 aliphatic heterocycles. The molecule has 1 saturated heterocycles. The lowest BCUT2D eigenvalue weighted by Gasteiger charge is -2.27. The first-order valence-corrected chi connectivity index (χ1v) is 10.6. The summed E-state index contributed by atoms with van der Waals surface area (Å²) in [4.78, 5) is 41.2. The van der Waals surface area contributed by atoms with Gasteiger partial charge >= 0.3 is 0 Å². The molecule has 1 aromatic carbocycles. The van der Waals surface area contributed by atoms with Crippen LogP contribution >= 0.6 is 11.6 Å². The lowest BCUT2D eigenvalue weighted by atomic mass is 10.1. The van der Waals surface area contributed by atoms with E-state index < -0.39 is 0 Å². The Hall–Kier alpha value is -3.85. The largest absolute Gasteiger partial charge is 0.344 e. The molecule has 9 nitrogen and oxygen atoms in total. The Bertz CT molecular complexity index is 1510. The minimum absolute atomic E-state index is 0.180. The molecule has 5 aromatic rings. The molecule has 1 fully saturated rings. The number of benzene rings is 1. The maximum atomic E-state index is 13.7. The Morgan fingerprint density at radius 3 is 2.94 bits per heavy atom. The Balaban J connectivity index is 1.61. The SMILES string of the molecule is O=c1c2c(Cl)cccc2nc([C@@H]2CCCN2c2ncnc3[nH]cnc23)n1-c1cccnc1. The Morgan fingerprint density at radius 2 is 2.06 bits per heavy atom. The number of anilines is 1. The molecule has 0 amide bonds. The number of aromatic nitrogens is 7. The molecule has 0 bridgehead atoms. The second-order valence-corrected chi connectivity index (χ2v) is 8.01. The first kappa shape index (κ1) is 18.9. The molecule has 0 saturated carbocycles. The zero-order chi connectivity index (χ0) is 21.7. The van der Waals surface area contributed by atoms with Crippen LogP contribution in [0.4, 0.5) is 5.82 Å². The molecule has 0 aliphatic carbocycles. The molecule has 6 rings (SSSR count). The van der Waals surface area contributed by atoms with E-state index in [0.717, 1.165) is 25.2 Å². The molecule has 0 spiro atoms. The minimum Gasteiger partial charge on any atom is -0.344 e. The molecule has 1 atom stereocenters. The average Bonchev–Trinajstić information content (AvgIpc) is 3.49. The molecule has 1 N–H and O–H groups in total. The van der Waals surface area contributed by atoms with E-state index in [9.17, 15) is 4.79 Å². The summed E-state index contributed by atoms with van der Waals surface area (Å²) < 4.78 is 1.62. The van der Waals surface area contributed by atoms with Crippen molar-refractivity contribution in [1.29, 1.82) is 0 Å². The van der Waals surface area contributed by atoms with Crippen molar-refractivity contribution in [2.45, 2.75) is 18.9 Å². The number of aromatic amines is 1. The number of hydrogen-bond donors (Lipinski definition) is 1. The quantitative estimate of drug-likeness (QED) is 0.454. The van der Waals surface area contributed by atoms with E-state index in [1.807, 2.05) is 12.1 Å². The molecule has 158 valence electrons. The second-order valence-electron chi connectivity index (χ2n) is 7.60. The number of H-pyrrole nitrogens is 1. The van der Waals surface area contributed by atoms with Crippen LogP contribution in [0.15, 0.2) is 60.2 Å². The van der Waals surface area contributed by atoms with Crippen LogP contribution < -0.4 is 10.5 Å². The van der Waals surface area contributed by atoms with Crippen molar-refractivity contribution in [2.24, 2.45) is 0 Å². The number of fused-ring (bicyclic) bond motifs is 2. The predicted molar refractivity (Wildman–Crippen MR) is 121 cm³/mol. The lowest BCUT2D eigenvalue weighted by molar-refractivity contribution is 0.633. The highest BCUT2D eigenvalue weighted by atomic mass is 35.5. The summed E-state index contributed by atoms with van der Waals surface area (Å²) in [6, 6.07) is 8.79. The maximum Gasteiger partial charge on any atom is 0.267 e. The van der Waals surface area contributed by atoms with Gasteiger partial charge in [-0.1, -0.05) is 17.7 Å². The molecule has 5 heterocycles. The van der Waals surface area contributed by atoms with E-state index in [1.54, 1.807) is 41.5 Å². The van der Waals surface area contributed by atoms with Gasteiger partial charge in [-0.05, 0) is 37.1 Å². The highest BCUT2D eigenvalue weighted by Gasteiger charge is 2.33.